The maximum Gasteiger partial charge on any atom is 0.311 e. The molecule has 0 amide bonds. The largest absolute Gasteiger partial charge is 0.466 e. The van der Waals surface area contributed by atoms with Gasteiger partial charge in [0.2, 0.25) is 5.13 Å². The lowest BCUT2D eigenvalue weighted by molar-refractivity contribution is -0.142. The molecule has 3 rings (SSSR count). The van der Waals surface area contributed by atoms with Crippen molar-refractivity contribution in [2.45, 2.75) is 39.7 Å². The van der Waals surface area contributed by atoms with E-state index in [-0.39, 0.29) is 18.2 Å². The summed E-state index contributed by atoms with van der Waals surface area (Å²) in [6, 6.07) is 5.20. The summed E-state index contributed by atoms with van der Waals surface area (Å²) in [5.41, 5.74) is 4.84. The first-order valence-corrected chi connectivity index (χ1v) is 10.8. The number of nitrogens with zero attached hydrogens (tertiary/aromatic N) is 3. The fourth-order valence-corrected chi connectivity index (χ4v) is 3.85. The minimum absolute atomic E-state index is 0.137. The molecule has 29 heavy (non-hydrogen) atoms. The zero-order valence-corrected chi connectivity index (χ0v) is 17.7. The van der Waals surface area contributed by atoms with E-state index in [1.54, 1.807) is 18.5 Å². The van der Waals surface area contributed by atoms with Gasteiger partial charge in [-0.15, -0.1) is 11.3 Å². The number of halogens is 1. The molecule has 0 aliphatic carbocycles. The van der Waals surface area contributed by atoms with Crippen LogP contribution in [0.2, 0.25) is 0 Å². The van der Waals surface area contributed by atoms with Crippen LogP contribution in [-0.4, -0.2) is 41.8 Å². The lowest BCUT2D eigenvalue weighted by atomic mass is 9.98. The number of nitrogens with one attached hydrogen (secondary N) is 1. The number of carbonyl (C=O) groups excluding carboxylic acids is 1. The third-order valence-corrected chi connectivity index (χ3v) is 5.70. The van der Waals surface area contributed by atoms with Crippen molar-refractivity contribution in [2.75, 3.05) is 25.1 Å². The summed E-state index contributed by atoms with van der Waals surface area (Å²) in [5, 5.41) is 6.46. The molecule has 0 saturated carbocycles. The Labute approximate surface area is 174 Å². The first-order valence-electron chi connectivity index (χ1n) is 9.93. The third kappa shape index (κ3) is 6.61. The second-order valence-corrected chi connectivity index (χ2v) is 8.16. The van der Waals surface area contributed by atoms with Gasteiger partial charge >= 0.3 is 5.97 Å². The van der Waals surface area contributed by atoms with E-state index in [4.69, 9.17) is 4.74 Å². The van der Waals surface area contributed by atoms with E-state index in [0.29, 0.717) is 35.1 Å². The van der Waals surface area contributed by atoms with Gasteiger partial charge in [0.1, 0.15) is 5.82 Å². The molecule has 156 valence electrons. The summed E-state index contributed by atoms with van der Waals surface area (Å²) in [7, 11) is 0. The lowest BCUT2D eigenvalue weighted by Gasteiger charge is -2.30. The van der Waals surface area contributed by atoms with E-state index in [1.165, 1.54) is 30.2 Å². The SMILES string of the molecule is CCOC(=O)Cc1csc(NN=Cc2ccc(CN3CCC(C)CC3)c(F)c2)n1. The van der Waals surface area contributed by atoms with E-state index in [1.807, 2.05) is 12.1 Å². The highest BCUT2D eigenvalue weighted by atomic mass is 32.1. The minimum Gasteiger partial charge on any atom is -0.466 e. The molecule has 1 N–H and O–H groups in total. The summed E-state index contributed by atoms with van der Waals surface area (Å²) in [6.45, 7) is 7.10. The molecule has 8 heteroatoms. The van der Waals surface area contributed by atoms with E-state index in [0.717, 1.165) is 19.0 Å². The maximum atomic E-state index is 14.5. The summed E-state index contributed by atoms with van der Waals surface area (Å²) in [5.74, 6) is 0.252. The first kappa shape index (κ1) is 21.4. The monoisotopic (exact) mass is 418 g/mol. The first-order chi connectivity index (χ1) is 14.0. The standard InChI is InChI=1S/C21H27FN4O2S/c1-3-28-20(27)11-18-14-29-21(24-18)25-23-12-16-4-5-17(19(22)10-16)13-26-8-6-15(2)7-9-26/h4-5,10,12,14-15H,3,6-9,11,13H2,1-2H3,(H,24,25). The molecule has 0 unspecified atom stereocenters. The smallest absolute Gasteiger partial charge is 0.311 e. The Hall–Kier alpha value is -2.32. The average Bonchev–Trinajstić information content (AvgIpc) is 3.13. The van der Waals surface area contributed by atoms with E-state index in [2.05, 4.69) is 27.3 Å². The van der Waals surface area contributed by atoms with Gasteiger partial charge in [0.15, 0.2) is 0 Å². The van der Waals surface area contributed by atoms with Crippen molar-refractivity contribution in [3.05, 3.63) is 46.2 Å². The molecule has 0 atom stereocenters. The highest BCUT2D eigenvalue weighted by Gasteiger charge is 2.17. The summed E-state index contributed by atoms with van der Waals surface area (Å²) < 4.78 is 19.4. The highest BCUT2D eigenvalue weighted by Crippen LogP contribution is 2.20. The molecule has 0 spiro atoms. The predicted molar refractivity (Wildman–Crippen MR) is 114 cm³/mol. The average molecular weight is 419 g/mol. The molecule has 0 radical (unpaired) electrons. The van der Waals surface area contributed by atoms with E-state index in [9.17, 15) is 9.18 Å². The van der Waals surface area contributed by atoms with E-state index < -0.39 is 0 Å². The Balaban J connectivity index is 1.51. The van der Waals surface area contributed by atoms with Crippen LogP contribution in [0, 0.1) is 11.7 Å². The van der Waals surface area contributed by atoms with Crippen molar-refractivity contribution in [2.24, 2.45) is 11.0 Å². The molecular formula is C21H27FN4O2S. The number of esters is 1. The maximum absolute atomic E-state index is 14.5. The number of benzene rings is 1. The summed E-state index contributed by atoms with van der Waals surface area (Å²) in [4.78, 5) is 18.1. The van der Waals surface area contributed by atoms with Crippen molar-refractivity contribution < 1.29 is 13.9 Å². The van der Waals surface area contributed by atoms with Gasteiger partial charge in [0.05, 0.1) is 24.9 Å². The topological polar surface area (TPSA) is 66.8 Å². The van der Waals surface area contributed by atoms with Gasteiger partial charge in [-0.05, 0) is 50.4 Å². The fourth-order valence-electron chi connectivity index (χ4n) is 3.19. The van der Waals surface area contributed by atoms with Gasteiger partial charge in [0.25, 0.3) is 0 Å². The zero-order valence-electron chi connectivity index (χ0n) is 16.9. The second-order valence-electron chi connectivity index (χ2n) is 7.31. The number of hydrazone groups is 1. The van der Waals surface area contributed by atoms with Gasteiger partial charge in [-0.1, -0.05) is 19.1 Å². The normalized spacial score (nSPS) is 15.7. The number of aromatic nitrogens is 1. The van der Waals surface area contributed by atoms with Gasteiger partial charge in [-0.3, -0.25) is 15.1 Å². The van der Waals surface area contributed by atoms with Gasteiger partial charge in [-0.2, -0.15) is 5.10 Å². The zero-order chi connectivity index (χ0) is 20.6. The number of hydrogen-bond acceptors (Lipinski definition) is 7. The van der Waals surface area contributed by atoms with Crippen LogP contribution in [0.5, 0.6) is 0 Å². The molecule has 1 aromatic heterocycles. The van der Waals surface area contributed by atoms with Crippen LogP contribution >= 0.6 is 11.3 Å². The molecule has 1 aliphatic heterocycles. The number of anilines is 1. The Morgan fingerprint density at radius 1 is 1.45 bits per heavy atom. The Bertz CT molecular complexity index is 847. The van der Waals surface area contributed by atoms with Crippen molar-refractivity contribution >= 4 is 28.7 Å². The second kappa shape index (κ2) is 10.5. The number of rotatable bonds is 8. The third-order valence-electron chi connectivity index (χ3n) is 4.90. The Morgan fingerprint density at radius 3 is 2.97 bits per heavy atom. The molecule has 2 heterocycles. The highest BCUT2D eigenvalue weighted by molar-refractivity contribution is 7.13. The van der Waals surface area contributed by atoms with Crippen LogP contribution in [0.25, 0.3) is 0 Å². The minimum atomic E-state index is -0.303. The molecule has 1 saturated heterocycles. The van der Waals surface area contributed by atoms with Crippen LogP contribution in [0.3, 0.4) is 0 Å². The van der Waals surface area contributed by atoms with Crippen LogP contribution in [0.1, 0.15) is 43.5 Å². The number of piperidine rings is 1. The van der Waals surface area contributed by atoms with Crippen molar-refractivity contribution in [3.63, 3.8) is 0 Å². The summed E-state index contributed by atoms with van der Waals surface area (Å²) in [6.07, 6.45) is 4.05. The molecule has 1 aliphatic rings. The van der Waals surface area contributed by atoms with Crippen molar-refractivity contribution in [1.82, 2.24) is 9.88 Å². The molecule has 1 aromatic carbocycles. The molecule has 6 nitrogen and oxygen atoms in total. The molecule has 1 fully saturated rings. The Kier molecular flexibility index (Phi) is 7.71. The Morgan fingerprint density at radius 2 is 2.24 bits per heavy atom. The quantitative estimate of drug-likeness (QED) is 0.398. The van der Waals surface area contributed by atoms with Crippen molar-refractivity contribution in [1.29, 1.82) is 0 Å². The number of thiazole rings is 1. The van der Waals surface area contributed by atoms with Gasteiger partial charge in [-0.25, -0.2) is 9.37 Å². The van der Waals surface area contributed by atoms with Crippen LogP contribution < -0.4 is 5.43 Å². The van der Waals surface area contributed by atoms with Crippen LogP contribution in [0.4, 0.5) is 9.52 Å². The number of hydrogen-bond donors (Lipinski definition) is 1. The van der Waals surface area contributed by atoms with Crippen molar-refractivity contribution in [3.8, 4) is 0 Å². The molecular weight excluding hydrogens is 391 g/mol. The lowest BCUT2D eigenvalue weighted by Crippen LogP contribution is -2.32. The number of ether oxygens (including phenoxy) is 1. The molecule has 2 aromatic rings. The van der Waals surface area contributed by atoms with Crippen LogP contribution in [0.15, 0.2) is 28.7 Å². The number of carbonyl (C=O) groups is 1. The van der Waals surface area contributed by atoms with Gasteiger partial charge < -0.3 is 4.74 Å². The van der Waals surface area contributed by atoms with Gasteiger partial charge in [0, 0.05) is 17.5 Å². The molecule has 0 bridgehead atoms. The van der Waals surface area contributed by atoms with Crippen LogP contribution in [-0.2, 0) is 22.5 Å². The van der Waals surface area contributed by atoms with E-state index >= 15 is 0 Å². The fraction of sp³-hybridized carbons (Fsp3) is 0.476. The summed E-state index contributed by atoms with van der Waals surface area (Å²) >= 11 is 1.35. The number of likely N-dealkylation sites (tertiary alicyclic amines) is 1. The predicted octanol–water partition coefficient (Wildman–Crippen LogP) is 4.07.